The lowest BCUT2D eigenvalue weighted by Gasteiger charge is -2.08. The predicted octanol–water partition coefficient (Wildman–Crippen LogP) is 4.00. The van der Waals surface area contributed by atoms with E-state index >= 15 is 0 Å². The fourth-order valence-corrected chi connectivity index (χ4v) is 1.79. The molecule has 1 aromatic carbocycles. The van der Waals surface area contributed by atoms with Crippen molar-refractivity contribution in [3.05, 3.63) is 29.8 Å². The molecule has 0 amide bonds. The Balaban J connectivity index is 2.18. The van der Waals surface area contributed by atoms with Crippen LogP contribution in [-0.2, 0) is 6.54 Å². The van der Waals surface area contributed by atoms with E-state index in [0.717, 1.165) is 37.8 Å². The van der Waals surface area contributed by atoms with Crippen LogP contribution in [-0.4, -0.2) is 13.2 Å². The number of benzene rings is 1. The highest BCUT2D eigenvalue weighted by Crippen LogP contribution is 2.12. The van der Waals surface area contributed by atoms with E-state index in [1.807, 2.05) is 0 Å². The van der Waals surface area contributed by atoms with Gasteiger partial charge in [0.25, 0.3) is 0 Å². The molecule has 0 bridgehead atoms. The van der Waals surface area contributed by atoms with Crippen LogP contribution in [0.5, 0.6) is 5.75 Å². The Morgan fingerprint density at radius 1 is 1.17 bits per heavy atom. The van der Waals surface area contributed by atoms with Gasteiger partial charge in [-0.05, 0) is 49.4 Å². The molecule has 18 heavy (non-hydrogen) atoms. The first-order valence-electron chi connectivity index (χ1n) is 7.14. The first-order chi connectivity index (χ1) is 8.72. The summed E-state index contributed by atoms with van der Waals surface area (Å²) in [6, 6.07) is 8.39. The van der Waals surface area contributed by atoms with Crippen molar-refractivity contribution >= 4 is 0 Å². The Hall–Kier alpha value is -1.02. The summed E-state index contributed by atoms with van der Waals surface area (Å²) in [5.41, 5.74) is 1.32. The van der Waals surface area contributed by atoms with Crippen LogP contribution < -0.4 is 10.1 Å². The van der Waals surface area contributed by atoms with E-state index in [1.54, 1.807) is 0 Å². The summed E-state index contributed by atoms with van der Waals surface area (Å²) in [6.07, 6.45) is 3.62. The van der Waals surface area contributed by atoms with E-state index in [2.05, 4.69) is 50.4 Å². The quantitative estimate of drug-likeness (QED) is 0.668. The third kappa shape index (κ3) is 6.65. The molecule has 0 saturated carbocycles. The summed E-state index contributed by atoms with van der Waals surface area (Å²) in [4.78, 5) is 0. The van der Waals surface area contributed by atoms with Gasteiger partial charge in [0, 0.05) is 6.54 Å². The third-order valence-corrected chi connectivity index (χ3v) is 2.86. The zero-order chi connectivity index (χ0) is 13.2. The second-order valence-electron chi connectivity index (χ2n) is 5.21. The SMILES string of the molecule is CCCOc1ccc(CNCCCC(C)C)cc1. The van der Waals surface area contributed by atoms with Gasteiger partial charge in [0.2, 0.25) is 0 Å². The molecule has 0 spiro atoms. The molecule has 1 rings (SSSR count). The van der Waals surface area contributed by atoms with Crippen molar-refractivity contribution in [2.75, 3.05) is 13.2 Å². The topological polar surface area (TPSA) is 21.3 Å². The Morgan fingerprint density at radius 3 is 2.50 bits per heavy atom. The smallest absolute Gasteiger partial charge is 0.119 e. The van der Waals surface area contributed by atoms with E-state index in [0.29, 0.717) is 0 Å². The summed E-state index contributed by atoms with van der Waals surface area (Å²) in [5.74, 6) is 1.78. The Kier molecular flexibility index (Phi) is 7.51. The van der Waals surface area contributed by atoms with Crippen LogP contribution in [0.1, 0.15) is 45.6 Å². The molecule has 0 aliphatic rings. The van der Waals surface area contributed by atoms with Gasteiger partial charge in [-0.3, -0.25) is 0 Å². The van der Waals surface area contributed by atoms with Gasteiger partial charge < -0.3 is 10.1 Å². The van der Waals surface area contributed by atoms with Crippen LogP contribution in [0, 0.1) is 5.92 Å². The van der Waals surface area contributed by atoms with E-state index in [4.69, 9.17) is 4.74 Å². The molecular formula is C16H27NO. The van der Waals surface area contributed by atoms with Crippen molar-refractivity contribution in [1.29, 1.82) is 0 Å². The Bertz CT molecular complexity index is 305. The summed E-state index contributed by atoms with van der Waals surface area (Å²) in [7, 11) is 0. The molecule has 1 aromatic rings. The second-order valence-corrected chi connectivity index (χ2v) is 5.21. The second kappa shape index (κ2) is 8.98. The van der Waals surface area contributed by atoms with E-state index < -0.39 is 0 Å². The lowest BCUT2D eigenvalue weighted by Crippen LogP contribution is -2.15. The molecule has 102 valence electrons. The molecule has 0 unspecified atom stereocenters. The summed E-state index contributed by atoms with van der Waals surface area (Å²) in [6.45, 7) is 9.52. The molecule has 0 aliphatic carbocycles. The maximum absolute atomic E-state index is 5.56. The molecule has 0 atom stereocenters. The lowest BCUT2D eigenvalue weighted by molar-refractivity contribution is 0.317. The minimum absolute atomic E-state index is 0.798. The van der Waals surface area contributed by atoms with Crippen molar-refractivity contribution in [1.82, 2.24) is 5.32 Å². The van der Waals surface area contributed by atoms with Crippen LogP contribution >= 0.6 is 0 Å². The summed E-state index contributed by atoms with van der Waals surface area (Å²) >= 11 is 0. The monoisotopic (exact) mass is 249 g/mol. The van der Waals surface area contributed by atoms with Gasteiger partial charge in [-0.1, -0.05) is 32.9 Å². The van der Waals surface area contributed by atoms with Crippen LogP contribution in [0.25, 0.3) is 0 Å². The maximum Gasteiger partial charge on any atom is 0.119 e. The summed E-state index contributed by atoms with van der Waals surface area (Å²) in [5, 5.41) is 3.48. The van der Waals surface area contributed by atoms with E-state index in [1.165, 1.54) is 18.4 Å². The molecule has 2 nitrogen and oxygen atoms in total. The molecule has 2 heteroatoms. The zero-order valence-electron chi connectivity index (χ0n) is 12.0. The normalized spacial score (nSPS) is 10.9. The Labute approximate surface area is 112 Å². The highest BCUT2D eigenvalue weighted by Gasteiger charge is 1.96. The Morgan fingerprint density at radius 2 is 1.89 bits per heavy atom. The summed E-state index contributed by atoms with van der Waals surface area (Å²) < 4.78 is 5.56. The molecule has 0 radical (unpaired) electrons. The molecular weight excluding hydrogens is 222 g/mol. The van der Waals surface area contributed by atoms with Gasteiger partial charge in [0.05, 0.1) is 6.61 Å². The maximum atomic E-state index is 5.56. The van der Waals surface area contributed by atoms with Crippen molar-refractivity contribution < 1.29 is 4.74 Å². The van der Waals surface area contributed by atoms with Gasteiger partial charge in [0.15, 0.2) is 0 Å². The number of ether oxygens (including phenoxy) is 1. The van der Waals surface area contributed by atoms with E-state index in [-0.39, 0.29) is 0 Å². The van der Waals surface area contributed by atoms with E-state index in [9.17, 15) is 0 Å². The van der Waals surface area contributed by atoms with Gasteiger partial charge in [0.1, 0.15) is 5.75 Å². The van der Waals surface area contributed by atoms with Gasteiger partial charge >= 0.3 is 0 Å². The zero-order valence-corrected chi connectivity index (χ0v) is 12.0. The van der Waals surface area contributed by atoms with Crippen LogP contribution in [0.3, 0.4) is 0 Å². The number of hydrogen-bond donors (Lipinski definition) is 1. The minimum Gasteiger partial charge on any atom is -0.494 e. The van der Waals surface area contributed by atoms with Crippen molar-refractivity contribution in [3.63, 3.8) is 0 Å². The molecule has 0 aliphatic heterocycles. The molecule has 0 heterocycles. The number of hydrogen-bond acceptors (Lipinski definition) is 2. The predicted molar refractivity (Wildman–Crippen MR) is 78.0 cm³/mol. The fraction of sp³-hybridized carbons (Fsp3) is 0.625. The van der Waals surface area contributed by atoms with Gasteiger partial charge in [-0.2, -0.15) is 0 Å². The van der Waals surface area contributed by atoms with Gasteiger partial charge in [-0.25, -0.2) is 0 Å². The molecule has 1 N–H and O–H groups in total. The van der Waals surface area contributed by atoms with Crippen molar-refractivity contribution in [2.45, 2.75) is 46.6 Å². The van der Waals surface area contributed by atoms with Crippen LogP contribution in [0.4, 0.5) is 0 Å². The fourth-order valence-electron chi connectivity index (χ4n) is 1.79. The molecule has 0 fully saturated rings. The molecule has 0 aromatic heterocycles. The first kappa shape index (κ1) is 15.0. The molecule has 0 saturated heterocycles. The average Bonchev–Trinajstić information content (AvgIpc) is 2.37. The average molecular weight is 249 g/mol. The van der Waals surface area contributed by atoms with Crippen LogP contribution in [0.15, 0.2) is 24.3 Å². The third-order valence-electron chi connectivity index (χ3n) is 2.86. The highest BCUT2D eigenvalue weighted by atomic mass is 16.5. The van der Waals surface area contributed by atoms with Crippen LogP contribution in [0.2, 0.25) is 0 Å². The van der Waals surface area contributed by atoms with Gasteiger partial charge in [-0.15, -0.1) is 0 Å². The lowest BCUT2D eigenvalue weighted by atomic mass is 10.1. The number of nitrogens with one attached hydrogen (secondary N) is 1. The van der Waals surface area contributed by atoms with Crippen molar-refractivity contribution in [2.24, 2.45) is 5.92 Å². The minimum atomic E-state index is 0.798. The van der Waals surface area contributed by atoms with Crippen molar-refractivity contribution in [3.8, 4) is 5.75 Å². The highest BCUT2D eigenvalue weighted by molar-refractivity contribution is 5.27. The first-order valence-corrected chi connectivity index (χ1v) is 7.14. The largest absolute Gasteiger partial charge is 0.494 e. The standard InChI is InChI=1S/C16H27NO/c1-4-12-18-16-9-7-15(8-10-16)13-17-11-5-6-14(2)3/h7-10,14,17H,4-6,11-13H2,1-3H3. The number of rotatable bonds is 9.